The second-order valence-corrected chi connectivity index (χ2v) is 5.19. The highest BCUT2D eigenvalue weighted by atomic mass is 16.4. The Hall–Kier alpha value is -1.58. The molecule has 0 amide bonds. The van der Waals surface area contributed by atoms with Crippen LogP contribution in [0.5, 0.6) is 0 Å². The molecule has 1 heterocycles. The van der Waals surface area contributed by atoms with Gasteiger partial charge in [0.2, 0.25) is 0 Å². The molecule has 104 valence electrons. The molecule has 1 aromatic heterocycles. The van der Waals surface area contributed by atoms with E-state index in [0.29, 0.717) is 11.6 Å². The molecule has 0 aliphatic heterocycles. The standard InChI is InChI=1S/C15H22N2O2/c1-3-5-12-9-11(15(18)19)10-14(16-12)17(8-4-2)13-6-7-13/h9-10,13H,3-8H2,1-2H3,(H,18,19). The molecule has 0 saturated heterocycles. The lowest BCUT2D eigenvalue weighted by Gasteiger charge is -2.23. The van der Waals surface area contributed by atoms with E-state index < -0.39 is 5.97 Å². The van der Waals surface area contributed by atoms with Crippen LogP contribution in [0.3, 0.4) is 0 Å². The van der Waals surface area contributed by atoms with E-state index in [2.05, 4.69) is 23.7 Å². The third-order valence-electron chi connectivity index (χ3n) is 3.36. The van der Waals surface area contributed by atoms with Crippen LogP contribution in [0.2, 0.25) is 0 Å². The highest BCUT2D eigenvalue weighted by molar-refractivity contribution is 5.88. The third-order valence-corrected chi connectivity index (χ3v) is 3.36. The molecule has 0 aromatic carbocycles. The number of hydrogen-bond donors (Lipinski definition) is 1. The first kappa shape index (κ1) is 13.8. The average molecular weight is 262 g/mol. The maximum atomic E-state index is 11.2. The molecule has 0 atom stereocenters. The fourth-order valence-electron chi connectivity index (χ4n) is 2.34. The van der Waals surface area contributed by atoms with E-state index in [1.54, 1.807) is 12.1 Å². The molecule has 0 bridgehead atoms. The zero-order valence-corrected chi connectivity index (χ0v) is 11.7. The summed E-state index contributed by atoms with van der Waals surface area (Å²) in [5.41, 5.74) is 1.24. The van der Waals surface area contributed by atoms with E-state index in [1.807, 2.05) is 0 Å². The van der Waals surface area contributed by atoms with Gasteiger partial charge in [-0.1, -0.05) is 20.3 Å². The van der Waals surface area contributed by atoms with Crippen molar-refractivity contribution in [3.63, 3.8) is 0 Å². The van der Waals surface area contributed by atoms with Gasteiger partial charge in [0.05, 0.1) is 5.56 Å². The summed E-state index contributed by atoms with van der Waals surface area (Å²) >= 11 is 0. The number of carboxylic acids is 1. The van der Waals surface area contributed by atoms with Crippen molar-refractivity contribution in [2.24, 2.45) is 0 Å². The van der Waals surface area contributed by atoms with Gasteiger partial charge in [0, 0.05) is 18.3 Å². The molecule has 4 heteroatoms. The summed E-state index contributed by atoms with van der Waals surface area (Å²) in [5, 5.41) is 9.22. The van der Waals surface area contributed by atoms with Crippen LogP contribution in [-0.2, 0) is 6.42 Å². The molecular weight excluding hydrogens is 240 g/mol. The molecule has 1 aliphatic rings. The van der Waals surface area contributed by atoms with Crippen molar-refractivity contribution in [1.29, 1.82) is 0 Å². The van der Waals surface area contributed by atoms with Crippen molar-refractivity contribution in [3.8, 4) is 0 Å². The quantitative estimate of drug-likeness (QED) is 0.820. The molecule has 0 spiro atoms. The van der Waals surface area contributed by atoms with Gasteiger partial charge in [0.25, 0.3) is 0 Å². The molecule has 4 nitrogen and oxygen atoms in total. The van der Waals surface area contributed by atoms with Crippen molar-refractivity contribution in [3.05, 3.63) is 23.4 Å². The fourth-order valence-corrected chi connectivity index (χ4v) is 2.34. The van der Waals surface area contributed by atoms with E-state index in [0.717, 1.165) is 37.3 Å². The van der Waals surface area contributed by atoms with Crippen molar-refractivity contribution in [1.82, 2.24) is 4.98 Å². The minimum Gasteiger partial charge on any atom is -0.478 e. The van der Waals surface area contributed by atoms with Gasteiger partial charge >= 0.3 is 5.97 Å². The number of carboxylic acid groups (broad SMARTS) is 1. The molecule has 1 aliphatic carbocycles. The number of pyridine rings is 1. The highest BCUT2D eigenvalue weighted by Gasteiger charge is 2.30. The van der Waals surface area contributed by atoms with Crippen LogP contribution in [-0.4, -0.2) is 28.6 Å². The Balaban J connectivity index is 2.33. The second kappa shape index (κ2) is 6.04. The van der Waals surface area contributed by atoms with Crippen LogP contribution in [0.15, 0.2) is 12.1 Å². The van der Waals surface area contributed by atoms with Crippen molar-refractivity contribution in [2.75, 3.05) is 11.4 Å². The largest absolute Gasteiger partial charge is 0.478 e. The number of anilines is 1. The predicted octanol–water partition coefficient (Wildman–Crippen LogP) is 3.11. The first-order valence-corrected chi connectivity index (χ1v) is 7.16. The Morgan fingerprint density at radius 3 is 2.63 bits per heavy atom. The lowest BCUT2D eigenvalue weighted by atomic mass is 10.1. The maximum Gasteiger partial charge on any atom is 0.335 e. The van der Waals surface area contributed by atoms with E-state index in [1.165, 1.54) is 12.8 Å². The van der Waals surface area contributed by atoms with Gasteiger partial charge in [-0.3, -0.25) is 0 Å². The first-order valence-electron chi connectivity index (χ1n) is 7.16. The van der Waals surface area contributed by atoms with Crippen molar-refractivity contribution < 1.29 is 9.90 Å². The maximum absolute atomic E-state index is 11.2. The number of aromatic carboxylic acids is 1. The topological polar surface area (TPSA) is 53.4 Å². The van der Waals surface area contributed by atoms with Gasteiger partial charge in [0.1, 0.15) is 5.82 Å². The number of nitrogens with zero attached hydrogens (tertiary/aromatic N) is 2. The van der Waals surface area contributed by atoms with Gasteiger partial charge in [-0.05, 0) is 37.8 Å². The first-order chi connectivity index (χ1) is 9.15. The third kappa shape index (κ3) is 3.46. The molecule has 1 aromatic rings. The van der Waals surface area contributed by atoms with Crippen LogP contribution < -0.4 is 4.90 Å². The molecule has 1 saturated carbocycles. The Morgan fingerprint density at radius 2 is 2.11 bits per heavy atom. The Morgan fingerprint density at radius 1 is 1.37 bits per heavy atom. The van der Waals surface area contributed by atoms with E-state index in [-0.39, 0.29) is 0 Å². The molecule has 1 N–H and O–H groups in total. The van der Waals surface area contributed by atoms with Gasteiger partial charge in [0.15, 0.2) is 0 Å². The molecule has 1 fully saturated rings. The minimum absolute atomic E-state index is 0.357. The SMILES string of the molecule is CCCc1cc(C(=O)O)cc(N(CCC)C2CC2)n1. The smallest absolute Gasteiger partial charge is 0.335 e. The van der Waals surface area contributed by atoms with Crippen molar-refractivity contribution >= 4 is 11.8 Å². The van der Waals surface area contributed by atoms with Gasteiger partial charge < -0.3 is 10.0 Å². The second-order valence-electron chi connectivity index (χ2n) is 5.19. The zero-order chi connectivity index (χ0) is 13.8. The van der Waals surface area contributed by atoms with Gasteiger partial charge in [-0.15, -0.1) is 0 Å². The lowest BCUT2D eigenvalue weighted by molar-refractivity contribution is 0.0696. The van der Waals surface area contributed by atoms with Crippen molar-refractivity contribution in [2.45, 2.75) is 52.0 Å². The minimum atomic E-state index is -0.867. The summed E-state index contributed by atoms with van der Waals surface area (Å²) < 4.78 is 0. The molecule has 19 heavy (non-hydrogen) atoms. The average Bonchev–Trinajstić information content (AvgIpc) is 3.20. The van der Waals surface area contributed by atoms with E-state index >= 15 is 0 Å². The number of aromatic nitrogens is 1. The van der Waals surface area contributed by atoms with E-state index in [4.69, 9.17) is 0 Å². The lowest BCUT2D eigenvalue weighted by Crippen LogP contribution is -2.28. The van der Waals surface area contributed by atoms with Crippen LogP contribution in [0, 0.1) is 0 Å². The van der Waals surface area contributed by atoms with Crippen LogP contribution in [0.1, 0.15) is 55.6 Å². The van der Waals surface area contributed by atoms with Gasteiger partial charge in [-0.2, -0.15) is 0 Å². The number of aryl methyl sites for hydroxylation is 1. The zero-order valence-electron chi connectivity index (χ0n) is 11.7. The summed E-state index contributed by atoms with van der Waals surface area (Å²) in [7, 11) is 0. The van der Waals surface area contributed by atoms with Crippen LogP contribution in [0.25, 0.3) is 0 Å². The summed E-state index contributed by atoms with van der Waals surface area (Å²) in [6.07, 6.45) is 5.26. The molecular formula is C15H22N2O2. The number of rotatable bonds is 7. The Labute approximate surface area is 114 Å². The highest BCUT2D eigenvalue weighted by Crippen LogP contribution is 2.31. The van der Waals surface area contributed by atoms with Gasteiger partial charge in [-0.25, -0.2) is 9.78 Å². The molecule has 2 rings (SSSR count). The monoisotopic (exact) mass is 262 g/mol. The predicted molar refractivity (Wildman–Crippen MR) is 75.9 cm³/mol. The number of hydrogen-bond acceptors (Lipinski definition) is 3. The van der Waals surface area contributed by atoms with E-state index in [9.17, 15) is 9.90 Å². The molecule has 0 unspecified atom stereocenters. The molecule has 0 radical (unpaired) electrons. The van der Waals surface area contributed by atoms with Crippen LogP contribution in [0.4, 0.5) is 5.82 Å². The van der Waals surface area contributed by atoms with Crippen LogP contribution >= 0.6 is 0 Å². The summed E-state index contributed by atoms with van der Waals surface area (Å²) in [5.74, 6) is -0.0269. The Kier molecular flexibility index (Phi) is 4.40. The normalized spacial score (nSPS) is 14.4. The summed E-state index contributed by atoms with van der Waals surface area (Å²) in [6.45, 7) is 5.18. The summed E-state index contributed by atoms with van der Waals surface area (Å²) in [4.78, 5) is 18.1. The Bertz CT molecular complexity index is 455. The summed E-state index contributed by atoms with van der Waals surface area (Å²) in [6, 6.07) is 3.98. The number of carbonyl (C=O) groups is 1. The fraction of sp³-hybridized carbons (Fsp3) is 0.600.